The molecule has 0 radical (unpaired) electrons. The fourth-order valence-electron chi connectivity index (χ4n) is 4.70. The van der Waals surface area contributed by atoms with Crippen LogP contribution in [0.2, 0.25) is 0 Å². The average Bonchev–Trinajstić information content (AvgIpc) is 3.37. The number of amides is 4. The van der Waals surface area contributed by atoms with Crippen molar-refractivity contribution in [2.45, 2.75) is 37.6 Å². The Bertz CT molecular complexity index is 916. The highest BCUT2D eigenvalue weighted by Gasteiger charge is 2.45. The van der Waals surface area contributed by atoms with Crippen LogP contribution in [-0.2, 0) is 20.9 Å². The fraction of sp³-hybridized carbons (Fsp3) is 0.500. The van der Waals surface area contributed by atoms with Crippen molar-refractivity contribution >= 4 is 23.6 Å². The van der Waals surface area contributed by atoms with Gasteiger partial charge in [0, 0.05) is 38.0 Å². The summed E-state index contributed by atoms with van der Waals surface area (Å²) in [5.74, 6) is -1.50. The molecule has 4 amide bonds. The summed E-state index contributed by atoms with van der Waals surface area (Å²) in [5, 5.41) is 9.03. The molecule has 0 aliphatic carbocycles. The number of hydrogen-bond donors (Lipinski definition) is 3. The molecule has 0 spiro atoms. The van der Waals surface area contributed by atoms with Crippen LogP contribution in [-0.4, -0.2) is 66.4 Å². The number of nitrogens with zero attached hydrogens (tertiary/aromatic N) is 1. The first kappa shape index (κ1) is 18.4. The highest BCUT2D eigenvalue weighted by molar-refractivity contribution is 6.23. The standard InChI is InChI=1S/C20H22N4O5/c25-17-4-3-15(18(26)23-17)24-19(27)11-2-1-10(5-12(11)20(24)28)6-22-14-9-29-16-8-21-7-13(14)16/h1-2,5,13-16,21-22H,3-4,6-9H2,(H,23,25,26)/t13-,14-,15?,16-/m1/s1. The predicted octanol–water partition coefficient (Wildman–Crippen LogP) is -0.836. The van der Waals surface area contributed by atoms with Crippen molar-refractivity contribution < 1.29 is 23.9 Å². The van der Waals surface area contributed by atoms with Gasteiger partial charge in [0.1, 0.15) is 6.04 Å². The van der Waals surface area contributed by atoms with Gasteiger partial charge in [-0.2, -0.15) is 0 Å². The molecule has 4 aliphatic heterocycles. The fourth-order valence-corrected chi connectivity index (χ4v) is 4.70. The molecule has 5 rings (SSSR count). The lowest BCUT2D eigenvalue weighted by Crippen LogP contribution is -2.54. The van der Waals surface area contributed by atoms with Crippen molar-refractivity contribution in [2.75, 3.05) is 19.7 Å². The number of fused-ring (bicyclic) bond motifs is 2. The Hall–Kier alpha value is -2.62. The van der Waals surface area contributed by atoms with Gasteiger partial charge in [-0.15, -0.1) is 0 Å². The van der Waals surface area contributed by atoms with Gasteiger partial charge in [-0.1, -0.05) is 6.07 Å². The lowest BCUT2D eigenvalue weighted by molar-refractivity contribution is -0.136. The highest BCUT2D eigenvalue weighted by atomic mass is 16.5. The number of piperidine rings is 1. The first-order valence-electron chi connectivity index (χ1n) is 9.93. The SMILES string of the molecule is O=C1CCC(N2C(=O)c3ccc(CN[C@@H]4CO[C@@H]5CNC[C@H]45)cc3C2=O)C(=O)N1. The van der Waals surface area contributed by atoms with Crippen LogP contribution in [0.1, 0.15) is 39.1 Å². The summed E-state index contributed by atoms with van der Waals surface area (Å²) >= 11 is 0. The van der Waals surface area contributed by atoms with Crippen LogP contribution in [0, 0.1) is 5.92 Å². The minimum Gasteiger partial charge on any atom is -0.375 e. The second kappa shape index (κ2) is 7.01. The Kier molecular flexibility index (Phi) is 4.45. The van der Waals surface area contributed by atoms with Crippen molar-refractivity contribution in [3.05, 3.63) is 34.9 Å². The van der Waals surface area contributed by atoms with Gasteiger partial charge in [0.2, 0.25) is 11.8 Å². The monoisotopic (exact) mass is 398 g/mol. The second-order valence-corrected chi connectivity index (χ2v) is 8.01. The van der Waals surface area contributed by atoms with Gasteiger partial charge in [0.15, 0.2) is 0 Å². The van der Waals surface area contributed by atoms with Crippen molar-refractivity contribution in [1.82, 2.24) is 20.9 Å². The van der Waals surface area contributed by atoms with E-state index in [1.54, 1.807) is 12.1 Å². The Balaban J connectivity index is 1.30. The Labute approximate surface area is 167 Å². The van der Waals surface area contributed by atoms with E-state index in [1.165, 1.54) is 0 Å². The van der Waals surface area contributed by atoms with Crippen LogP contribution in [0.5, 0.6) is 0 Å². The summed E-state index contributed by atoms with van der Waals surface area (Å²) in [6.45, 7) is 3.04. The van der Waals surface area contributed by atoms with E-state index in [0.29, 0.717) is 30.2 Å². The Morgan fingerprint density at radius 3 is 2.76 bits per heavy atom. The molecule has 29 heavy (non-hydrogen) atoms. The van der Waals surface area contributed by atoms with Crippen molar-refractivity contribution in [3.8, 4) is 0 Å². The number of carbonyl (C=O) groups excluding carboxylic acids is 4. The predicted molar refractivity (Wildman–Crippen MR) is 99.8 cm³/mol. The molecule has 9 heteroatoms. The topological polar surface area (TPSA) is 117 Å². The first-order valence-corrected chi connectivity index (χ1v) is 9.93. The molecule has 0 aromatic heterocycles. The van der Waals surface area contributed by atoms with Gasteiger partial charge in [-0.3, -0.25) is 29.4 Å². The third kappa shape index (κ3) is 3.06. The molecular formula is C20H22N4O5. The van der Waals surface area contributed by atoms with E-state index in [9.17, 15) is 19.2 Å². The number of imide groups is 2. The maximum Gasteiger partial charge on any atom is 0.262 e. The minimum atomic E-state index is -0.941. The van der Waals surface area contributed by atoms with Crippen LogP contribution in [0.15, 0.2) is 18.2 Å². The molecule has 3 saturated heterocycles. The lowest BCUT2D eigenvalue weighted by atomic mass is 9.99. The van der Waals surface area contributed by atoms with Gasteiger partial charge >= 0.3 is 0 Å². The minimum absolute atomic E-state index is 0.111. The largest absolute Gasteiger partial charge is 0.375 e. The van der Waals surface area contributed by atoms with Crippen molar-refractivity contribution in [3.63, 3.8) is 0 Å². The first-order chi connectivity index (χ1) is 14.0. The van der Waals surface area contributed by atoms with Gasteiger partial charge < -0.3 is 15.4 Å². The zero-order chi connectivity index (χ0) is 20.1. The van der Waals surface area contributed by atoms with E-state index in [4.69, 9.17) is 4.74 Å². The molecule has 3 fully saturated rings. The summed E-state index contributed by atoms with van der Waals surface area (Å²) in [4.78, 5) is 50.1. The molecule has 9 nitrogen and oxygen atoms in total. The van der Waals surface area contributed by atoms with Crippen LogP contribution in [0.3, 0.4) is 0 Å². The molecule has 3 N–H and O–H groups in total. The van der Waals surface area contributed by atoms with Crippen LogP contribution < -0.4 is 16.0 Å². The zero-order valence-corrected chi connectivity index (χ0v) is 15.8. The third-order valence-corrected chi connectivity index (χ3v) is 6.28. The quantitative estimate of drug-likeness (QED) is 0.567. The molecule has 152 valence electrons. The number of carbonyl (C=O) groups is 4. The van der Waals surface area contributed by atoms with Gasteiger partial charge in [0.25, 0.3) is 11.8 Å². The van der Waals surface area contributed by atoms with Gasteiger partial charge in [0.05, 0.1) is 23.8 Å². The van der Waals surface area contributed by atoms with Gasteiger partial charge in [-0.25, -0.2) is 0 Å². The maximum absolute atomic E-state index is 12.9. The zero-order valence-electron chi connectivity index (χ0n) is 15.8. The number of rotatable bonds is 4. The smallest absolute Gasteiger partial charge is 0.262 e. The van der Waals surface area contributed by atoms with E-state index < -0.39 is 23.8 Å². The van der Waals surface area contributed by atoms with E-state index in [-0.39, 0.29) is 30.9 Å². The van der Waals surface area contributed by atoms with E-state index >= 15 is 0 Å². The Morgan fingerprint density at radius 2 is 1.93 bits per heavy atom. The molecule has 1 aromatic rings. The molecule has 4 heterocycles. The second-order valence-electron chi connectivity index (χ2n) is 8.01. The summed E-state index contributed by atoms with van der Waals surface area (Å²) < 4.78 is 5.79. The Morgan fingerprint density at radius 1 is 1.10 bits per heavy atom. The third-order valence-electron chi connectivity index (χ3n) is 6.28. The number of nitrogens with one attached hydrogen (secondary N) is 3. The lowest BCUT2D eigenvalue weighted by Gasteiger charge is -2.27. The normalized spacial score (nSPS) is 31.2. The van der Waals surface area contributed by atoms with E-state index in [1.807, 2.05) is 6.07 Å². The summed E-state index contributed by atoms with van der Waals surface area (Å²) in [6.07, 6.45) is 0.524. The molecule has 1 aromatic carbocycles. The summed E-state index contributed by atoms with van der Waals surface area (Å²) in [6, 6.07) is 4.49. The van der Waals surface area contributed by atoms with Crippen LogP contribution >= 0.6 is 0 Å². The molecular weight excluding hydrogens is 376 g/mol. The number of hydrogen-bond acceptors (Lipinski definition) is 7. The van der Waals surface area contributed by atoms with E-state index in [0.717, 1.165) is 23.6 Å². The molecule has 0 saturated carbocycles. The van der Waals surface area contributed by atoms with Crippen LogP contribution in [0.25, 0.3) is 0 Å². The summed E-state index contributed by atoms with van der Waals surface area (Å²) in [7, 11) is 0. The summed E-state index contributed by atoms with van der Waals surface area (Å²) in [5.41, 5.74) is 1.50. The molecule has 1 unspecified atom stereocenters. The number of benzene rings is 1. The van der Waals surface area contributed by atoms with Crippen LogP contribution in [0.4, 0.5) is 0 Å². The highest BCUT2D eigenvalue weighted by Crippen LogP contribution is 2.29. The molecule has 4 atom stereocenters. The molecule has 0 bridgehead atoms. The average molecular weight is 398 g/mol. The van der Waals surface area contributed by atoms with Crippen molar-refractivity contribution in [1.29, 1.82) is 0 Å². The van der Waals surface area contributed by atoms with E-state index in [2.05, 4.69) is 16.0 Å². The molecule has 4 aliphatic rings. The maximum atomic E-state index is 12.9. The van der Waals surface area contributed by atoms with Crippen molar-refractivity contribution in [2.24, 2.45) is 5.92 Å². The van der Waals surface area contributed by atoms with Gasteiger partial charge in [-0.05, 0) is 24.1 Å². The number of ether oxygens (including phenoxy) is 1.